The third-order valence-corrected chi connectivity index (χ3v) is 5.12. The Kier molecular flexibility index (Phi) is 4.28. The molecule has 0 saturated heterocycles. The first-order chi connectivity index (χ1) is 13.0. The van der Waals surface area contributed by atoms with Crippen molar-refractivity contribution in [2.75, 3.05) is 16.8 Å². The summed E-state index contributed by atoms with van der Waals surface area (Å²) in [7, 11) is -3.83. The van der Waals surface area contributed by atoms with Crippen molar-refractivity contribution in [3.05, 3.63) is 66.6 Å². The maximum Gasteiger partial charge on any atom is 0.263 e. The molecule has 3 aromatic rings. The molecule has 0 spiro atoms. The van der Waals surface area contributed by atoms with Crippen LogP contribution >= 0.6 is 0 Å². The van der Waals surface area contributed by atoms with E-state index >= 15 is 0 Å². The monoisotopic (exact) mass is 387 g/mol. The summed E-state index contributed by atoms with van der Waals surface area (Å²) in [5.74, 6) is 0.666. The number of anilines is 3. The summed E-state index contributed by atoms with van der Waals surface area (Å²) in [5, 5.41) is 2.98. The summed E-state index contributed by atoms with van der Waals surface area (Å²) >= 11 is 0. The smallest absolute Gasteiger partial charge is 0.263 e. The molecule has 27 heavy (non-hydrogen) atoms. The van der Waals surface area contributed by atoms with Crippen molar-refractivity contribution >= 4 is 27.2 Å². The van der Waals surface area contributed by atoms with Crippen molar-refractivity contribution in [2.24, 2.45) is 0 Å². The van der Waals surface area contributed by atoms with Crippen LogP contribution in [0.5, 0.6) is 11.5 Å². The van der Waals surface area contributed by atoms with E-state index < -0.39 is 10.0 Å². The first-order valence-electron chi connectivity index (χ1n) is 7.91. The lowest BCUT2D eigenvalue weighted by Gasteiger charge is -2.10. The Hall–Kier alpha value is -3.33. The second-order valence-electron chi connectivity index (χ2n) is 5.69. The molecule has 2 heterocycles. The van der Waals surface area contributed by atoms with Crippen molar-refractivity contribution in [3.63, 3.8) is 0 Å². The highest BCUT2D eigenvalue weighted by molar-refractivity contribution is 7.92. The molecule has 0 atom stereocenters. The van der Waals surface area contributed by atoms with Crippen molar-refractivity contribution in [1.29, 1.82) is 0 Å². The number of hydrogen-bond donors (Lipinski definition) is 2. The molecule has 1 aliphatic heterocycles. The Labute approximate surface area is 154 Å². The number of benzene rings is 2. The van der Waals surface area contributed by atoms with Crippen molar-refractivity contribution in [2.45, 2.75) is 4.90 Å². The molecule has 1 aromatic heterocycles. The third-order valence-electron chi connectivity index (χ3n) is 3.77. The summed E-state index contributed by atoms with van der Waals surface area (Å²) in [6.07, 6.45) is 1.45. The summed E-state index contributed by atoms with van der Waals surface area (Å²) in [6, 6.07) is 13.5. The zero-order valence-electron chi connectivity index (χ0n) is 13.8. The van der Waals surface area contributed by atoms with Gasteiger partial charge in [-0.3, -0.25) is 4.72 Å². The molecule has 0 aliphatic carbocycles. The Morgan fingerprint density at radius 1 is 0.963 bits per heavy atom. The van der Waals surface area contributed by atoms with Gasteiger partial charge < -0.3 is 14.8 Å². The van der Waals surface area contributed by atoms with Gasteiger partial charge in [-0.25, -0.2) is 17.8 Å². The van der Waals surface area contributed by atoms with Gasteiger partial charge in [0.2, 0.25) is 6.79 Å². The lowest BCUT2D eigenvalue weighted by Crippen LogP contribution is -2.13. The van der Waals surface area contributed by atoms with E-state index in [4.69, 9.17) is 9.47 Å². The molecule has 138 valence electrons. The summed E-state index contributed by atoms with van der Waals surface area (Å²) in [4.78, 5) is 4.12. The zero-order valence-corrected chi connectivity index (χ0v) is 14.7. The number of fused-ring (bicyclic) bond motifs is 1. The molecule has 2 N–H and O–H groups in total. The van der Waals surface area contributed by atoms with E-state index in [0.717, 1.165) is 0 Å². The molecule has 0 radical (unpaired) electrons. The Bertz CT molecular complexity index is 1090. The zero-order chi connectivity index (χ0) is 18.9. The van der Waals surface area contributed by atoms with Crippen LogP contribution in [0.1, 0.15) is 0 Å². The maximum absolute atomic E-state index is 13.2. The molecular weight excluding hydrogens is 373 g/mol. The van der Waals surface area contributed by atoms with E-state index in [0.29, 0.717) is 22.9 Å². The molecule has 0 bridgehead atoms. The van der Waals surface area contributed by atoms with Gasteiger partial charge >= 0.3 is 0 Å². The van der Waals surface area contributed by atoms with Crippen molar-refractivity contribution in [1.82, 2.24) is 4.98 Å². The average molecular weight is 387 g/mol. The molecule has 0 amide bonds. The number of nitrogens with zero attached hydrogens (tertiary/aromatic N) is 1. The number of sulfonamides is 1. The molecule has 1 aliphatic rings. The minimum absolute atomic E-state index is 0.0375. The molecule has 0 fully saturated rings. The number of ether oxygens (including phenoxy) is 2. The highest BCUT2D eigenvalue weighted by Crippen LogP contribution is 2.34. The fraction of sp³-hybridized carbons (Fsp3) is 0.0556. The summed E-state index contributed by atoms with van der Waals surface area (Å²) < 4.78 is 51.0. The van der Waals surface area contributed by atoms with E-state index in [2.05, 4.69) is 15.0 Å². The van der Waals surface area contributed by atoms with Crippen LogP contribution in [0.4, 0.5) is 21.6 Å². The highest BCUT2D eigenvalue weighted by Gasteiger charge is 2.20. The predicted molar refractivity (Wildman–Crippen MR) is 97.3 cm³/mol. The molecule has 0 saturated carbocycles. The molecule has 9 heteroatoms. The molecule has 4 rings (SSSR count). The van der Waals surface area contributed by atoms with E-state index in [9.17, 15) is 12.8 Å². The van der Waals surface area contributed by atoms with Crippen LogP contribution in [0.15, 0.2) is 65.7 Å². The predicted octanol–water partition coefficient (Wildman–Crippen LogP) is 3.49. The SMILES string of the molecule is O=S(=O)(Nc1ccc(Nc2cccc(F)c2)cn1)c1ccc2c(c1)OCO2. The van der Waals surface area contributed by atoms with Crippen molar-refractivity contribution in [3.8, 4) is 11.5 Å². The third kappa shape index (κ3) is 3.77. The van der Waals surface area contributed by atoms with Gasteiger partial charge in [-0.05, 0) is 42.5 Å². The molecule has 7 nitrogen and oxygen atoms in total. The van der Waals surface area contributed by atoms with E-state index in [1.165, 1.54) is 42.6 Å². The number of rotatable bonds is 5. The van der Waals surface area contributed by atoms with Gasteiger partial charge in [0.05, 0.1) is 16.8 Å². The van der Waals surface area contributed by atoms with Crippen LogP contribution in [0.3, 0.4) is 0 Å². The molecule has 2 aromatic carbocycles. The van der Waals surface area contributed by atoms with Crippen LogP contribution in [0.25, 0.3) is 0 Å². The van der Waals surface area contributed by atoms with Gasteiger partial charge in [-0.15, -0.1) is 0 Å². The number of hydrogen-bond acceptors (Lipinski definition) is 6. The normalized spacial score (nSPS) is 12.6. The highest BCUT2D eigenvalue weighted by atomic mass is 32.2. The van der Waals surface area contributed by atoms with Gasteiger partial charge in [0.25, 0.3) is 10.0 Å². The van der Waals surface area contributed by atoms with Crippen LogP contribution in [0, 0.1) is 5.82 Å². The van der Waals surface area contributed by atoms with Gasteiger partial charge in [0.15, 0.2) is 11.5 Å². The first kappa shape index (κ1) is 17.1. The van der Waals surface area contributed by atoms with E-state index in [-0.39, 0.29) is 23.3 Å². The first-order valence-corrected chi connectivity index (χ1v) is 9.39. The van der Waals surface area contributed by atoms with Crippen LogP contribution in [-0.2, 0) is 10.0 Å². The van der Waals surface area contributed by atoms with Crippen LogP contribution in [0.2, 0.25) is 0 Å². The molecule has 0 unspecified atom stereocenters. The topological polar surface area (TPSA) is 89.6 Å². The fourth-order valence-corrected chi connectivity index (χ4v) is 3.53. The van der Waals surface area contributed by atoms with Crippen molar-refractivity contribution < 1.29 is 22.3 Å². The van der Waals surface area contributed by atoms with Gasteiger partial charge in [0.1, 0.15) is 11.6 Å². The number of aromatic nitrogens is 1. The average Bonchev–Trinajstić information content (AvgIpc) is 3.11. The Balaban J connectivity index is 1.49. The number of nitrogens with one attached hydrogen (secondary N) is 2. The van der Waals surface area contributed by atoms with Gasteiger partial charge in [0, 0.05) is 11.8 Å². The quantitative estimate of drug-likeness (QED) is 0.697. The minimum atomic E-state index is -3.83. The van der Waals surface area contributed by atoms with Gasteiger partial charge in [-0.1, -0.05) is 6.07 Å². The standard InChI is InChI=1S/C18H14FN3O4S/c19-12-2-1-3-13(8-12)21-14-4-7-18(20-10-14)22-27(23,24)15-5-6-16-17(9-15)26-11-25-16/h1-10,21H,11H2,(H,20,22). The lowest BCUT2D eigenvalue weighted by molar-refractivity contribution is 0.174. The lowest BCUT2D eigenvalue weighted by atomic mass is 10.3. The molecular formula is C18H14FN3O4S. The van der Waals surface area contributed by atoms with Crippen LogP contribution < -0.4 is 19.5 Å². The maximum atomic E-state index is 13.2. The second-order valence-corrected chi connectivity index (χ2v) is 7.37. The largest absolute Gasteiger partial charge is 0.454 e. The van der Waals surface area contributed by atoms with Crippen LogP contribution in [-0.4, -0.2) is 20.2 Å². The Morgan fingerprint density at radius 3 is 2.59 bits per heavy atom. The summed E-state index contributed by atoms with van der Waals surface area (Å²) in [6.45, 7) is 0.0631. The van der Waals surface area contributed by atoms with E-state index in [1.54, 1.807) is 18.2 Å². The number of pyridine rings is 1. The summed E-state index contributed by atoms with van der Waals surface area (Å²) in [5.41, 5.74) is 1.15. The second kappa shape index (κ2) is 6.76. The fourth-order valence-electron chi connectivity index (χ4n) is 2.50. The number of halogens is 1. The van der Waals surface area contributed by atoms with E-state index in [1.807, 2.05) is 0 Å². The minimum Gasteiger partial charge on any atom is -0.454 e. The Morgan fingerprint density at radius 2 is 1.81 bits per heavy atom. The van der Waals surface area contributed by atoms with Gasteiger partial charge in [-0.2, -0.15) is 0 Å².